The molecule has 9 heteroatoms. The predicted octanol–water partition coefficient (Wildman–Crippen LogP) is 4.71. The maximum Gasteiger partial charge on any atom is 0.150 e. The van der Waals surface area contributed by atoms with Gasteiger partial charge in [0.2, 0.25) is 0 Å². The van der Waals surface area contributed by atoms with E-state index in [2.05, 4.69) is 21.7 Å². The third-order valence-electron chi connectivity index (χ3n) is 6.52. The van der Waals surface area contributed by atoms with Gasteiger partial charge in [-0.05, 0) is 50.5 Å². The molecule has 0 spiro atoms. The number of rotatable bonds is 9. The van der Waals surface area contributed by atoms with E-state index in [0.29, 0.717) is 17.0 Å². The number of nitrogens with zero attached hydrogens (tertiary/aromatic N) is 2. The first kappa shape index (κ1) is 24.4. The van der Waals surface area contributed by atoms with Crippen LogP contribution in [0.5, 0.6) is 0 Å². The van der Waals surface area contributed by atoms with Gasteiger partial charge in [-0.25, -0.2) is 4.98 Å². The first-order valence-electron chi connectivity index (χ1n) is 11.4. The van der Waals surface area contributed by atoms with Gasteiger partial charge >= 0.3 is 0 Å². The van der Waals surface area contributed by atoms with E-state index in [-0.39, 0.29) is 0 Å². The third-order valence-corrected chi connectivity index (χ3v) is 9.08. The smallest absolute Gasteiger partial charge is 0.150 e. The second-order valence-electron chi connectivity index (χ2n) is 8.79. The van der Waals surface area contributed by atoms with Crippen LogP contribution in [0.15, 0.2) is 22.0 Å². The quantitative estimate of drug-likeness (QED) is 0.384. The Kier molecular flexibility index (Phi) is 8.84. The Labute approximate surface area is 204 Å². The largest absolute Gasteiger partial charge is 0.383 e. The number of halogens is 1. The molecule has 4 rings (SSSR count). The number of nitrogens with two attached hydrogens (primary N) is 1. The second-order valence-corrected chi connectivity index (χ2v) is 11.3. The third kappa shape index (κ3) is 6.23. The highest BCUT2D eigenvalue weighted by Crippen LogP contribution is 2.38. The Morgan fingerprint density at radius 1 is 1.31 bits per heavy atom. The average Bonchev–Trinajstić information content (AvgIpc) is 3.29. The highest BCUT2D eigenvalue weighted by atomic mass is 35.5. The zero-order valence-electron chi connectivity index (χ0n) is 18.6. The van der Waals surface area contributed by atoms with Gasteiger partial charge in [0.05, 0.1) is 28.6 Å². The maximum absolute atomic E-state index is 6.84. The van der Waals surface area contributed by atoms with Gasteiger partial charge < -0.3 is 20.5 Å². The molecular formula is C23H33ClN4O2S2. The van der Waals surface area contributed by atoms with Gasteiger partial charge in [0.25, 0.3) is 0 Å². The summed E-state index contributed by atoms with van der Waals surface area (Å²) in [4.78, 5) is 9.49. The molecule has 176 valence electrons. The minimum atomic E-state index is -0.421. The van der Waals surface area contributed by atoms with Crippen LogP contribution in [0, 0.1) is 5.92 Å². The lowest BCUT2D eigenvalue weighted by Gasteiger charge is -2.37. The van der Waals surface area contributed by atoms with E-state index < -0.39 is 5.54 Å². The Balaban J connectivity index is 1.40. The standard InChI is InChI=1S/C23H33ClN4O2S2/c1-29-11-8-26-17-2-6-23(25,7-3-17)21-12-18(19(24)13-27-21)20-15-32-22(28-20)31-14-16-4-9-30-10-5-16/h12-13,15-17,26H,2-11,14,25H2,1H3. The predicted molar refractivity (Wildman–Crippen MR) is 133 cm³/mol. The molecule has 2 aliphatic rings. The summed E-state index contributed by atoms with van der Waals surface area (Å²) in [6, 6.07) is 2.55. The zero-order chi connectivity index (χ0) is 22.4. The first-order valence-corrected chi connectivity index (χ1v) is 13.7. The summed E-state index contributed by atoms with van der Waals surface area (Å²) in [6.07, 6.45) is 7.88. The SMILES string of the molecule is COCCNC1CCC(N)(c2cc(-c3csc(SCC4CCOCC4)n3)c(Cl)cn2)CC1. The molecule has 3 N–H and O–H groups in total. The molecule has 2 aromatic heterocycles. The van der Waals surface area contributed by atoms with E-state index in [1.165, 1.54) is 0 Å². The van der Waals surface area contributed by atoms with Crippen LogP contribution < -0.4 is 11.1 Å². The highest BCUT2D eigenvalue weighted by Gasteiger charge is 2.35. The van der Waals surface area contributed by atoms with E-state index in [0.717, 1.165) is 91.9 Å². The van der Waals surface area contributed by atoms with Gasteiger partial charge in [0.15, 0.2) is 4.34 Å². The maximum atomic E-state index is 6.84. The Morgan fingerprint density at radius 3 is 2.84 bits per heavy atom. The molecule has 1 saturated heterocycles. The number of pyridine rings is 1. The van der Waals surface area contributed by atoms with Crippen molar-refractivity contribution in [3.05, 3.63) is 28.4 Å². The van der Waals surface area contributed by atoms with Crippen LogP contribution in [-0.2, 0) is 15.0 Å². The van der Waals surface area contributed by atoms with Crippen molar-refractivity contribution in [3.63, 3.8) is 0 Å². The van der Waals surface area contributed by atoms with Crippen LogP contribution in [0.4, 0.5) is 0 Å². The van der Waals surface area contributed by atoms with Crippen molar-refractivity contribution in [1.29, 1.82) is 0 Å². The summed E-state index contributed by atoms with van der Waals surface area (Å²) in [5, 5.41) is 6.27. The monoisotopic (exact) mass is 496 g/mol. The minimum Gasteiger partial charge on any atom is -0.383 e. The first-order chi connectivity index (χ1) is 15.6. The van der Waals surface area contributed by atoms with Crippen molar-refractivity contribution >= 4 is 34.7 Å². The van der Waals surface area contributed by atoms with E-state index >= 15 is 0 Å². The fourth-order valence-electron chi connectivity index (χ4n) is 4.42. The van der Waals surface area contributed by atoms with Crippen LogP contribution in [0.25, 0.3) is 11.3 Å². The van der Waals surface area contributed by atoms with Crippen LogP contribution in [0.1, 0.15) is 44.2 Å². The van der Waals surface area contributed by atoms with Gasteiger partial charge in [-0.1, -0.05) is 23.4 Å². The van der Waals surface area contributed by atoms with Gasteiger partial charge in [-0.15, -0.1) is 11.3 Å². The number of hydrogen-bond acceptors (Lipinski definition) is 8. The second kappa shape index (κ2) is 11.6. The summed E-state index contributed by atoms with van der Waals surface area (Å²) in [7, 11) is 1.73. The molecule has 2 aromatic rings. The van der Waals surface area contributed by atoms with Crippen molar-refractivity contribution in [2.24, 2.45) is 11.7 Å². The summed E-state index contributed by atoms with van der Waals surface area (Å²) < 4.78 is 11.7. The fraction of sp³-hybridized carbons (Fsp3) is 0.652. The molecule has 1 aliphatic carbocycles. The van der Waals surface area contributed by atoms with Gasteiger partial charge in [-0.3, -0.25) is 4.98 Å². The molecule has 32 heavy (non-hydrogen) atoms. The average molecular weight is 497 g/mol. The topological polar surface area (TPSA) is 82.3 Å². The lowest BCUT2D eigenvalue weighted by Crippen LogP contribution is -2.46. The summed E-state index contributed by atoms with van der Waals surface area (Å²) >= 11 is 10.1. The van der Waals surface area contributed by atoms with E-state index in [1.807, 2.05) is 11.8 Å². The van der Waals surface area contributed by atoms with Gasteiger partial charge in [0, 0.05) is 55.8 Å². The molecule has 2 fully saturated rings. The van der Waals surface area contributed by atoms with Gasteiger partial charge in [-0.2, -0.15) is 0 Å². The highest BCUT2D eigenvalue weighted by molar-refractivity contribution is 8.01. The lowest BCUT2D eigenvalue weighted by atomic mass is 9.77. The van der Waals surface area contributed by atoms with Crippen molar-refractivity contribution in [2.75, 3.05) is 39.2 Å². The molecule has 0 bridgehead atoms. The van der Waals surface area contributed by atoms with Crippen LogP contribution >= 0.6 is 34.7 Å². The van der Waals surface area contributed by atoms with E-state index in [9.17, 15) is 0 Å². The number of thiazole rings is 1. The number of nitrogens with one attached hydrogen (secondary N) is 1. The van der Waals surface area contributed by atoms with Crippen LogP contribution in [-0.4, -0.2) is 55.2 Å². The molecular weight excluding hydrogens is 464 g/mol. The number of ether oxygens (including phenoxy) is 2. The molecule has 0 unspecified atom stereocenters. The number of aromatic nitrogens is 2. The lowest BCUT2D eigenvalue weighted by molar-refractivity contribution is 0.0728. The molecule has 6 nitrogen and oxygen atoms in total. The minimum absolute atomic E-state index is 0.421. The zero-order valence-corrected chi connectivity index (χ0v) is 21.0. The summed E-state index contributed by atoms with van der Waals surface area (Å²) in [6.45, 7) is 3.37. The van der Waals surface area contributed by atoms with Crippen LogP contribution in [0.3, 0.4) is 0 Å². The van der Waals surface area contributed by atoms with Crippen molar-refractivity contribution in [1.82, 2.24) is 15.3 Å². The van der Waals surface area contributed by atoms with Crippen molar-refractivity contribution < 1.29 is 9.47 Å². The molecule has 0 amide bonds. The Bertz CT molecular complexity index is 867. The summed E-state index contributed by atoms with van der Waals surface area (Å²) in [5.41, 5.74) is 9.17. The number of thioether (sulfide) groups is 1. The van der Waals surface area contributed by atoms with Crippen molar-refractivity contribution in [2.45, 2.75) is 54.4 Å². The molecule has 0 atom stereocenters. The van der Waals surface area contributed by atoms with Crippen molar-refractivity contribution in [3.8, 4) is 11.3 Å². The van der Waals surface area contributed by atoms with Crippen LogP contribution in [0.2, 0.25) is 5.02 Å². The number of hydrogen-bond donors (Lipinski definition) is 2. The number of methoxy groups -OCH3 is 1. The summed E-state index contributed by atoms with van der Waals surface area (Å²) in [5.74, 6) is 1.81. The van der Waals surface area contributed by atoms with Gasteiger partial charge in [0.1, 0.15) is 0 Å². The van der Waals surface area contributed by atoms with E-state index in [1.54, 1.807) is 24.6 Å². The fourth-order valence-corrected chi connectivity index (χ4v) is 6.65. The molecule has 0 aromatic carbocycles. The Morgan fingerprint density at radius 2 is 2.09 bits per heavy atom. The van der Waals surface area contributed by atoms with E-state index in [4.69, 9.17) is 31.8 Å². The Hall–Kier alpha value is -0.740. The molecule has 3 heterocycles. The normalized spacial score (nSPS) is 24.7. The molecule has 1 aliphatic heterocycles. The molecule has 1 saturated carbocycles. The molecule has 0 radical (unpaired) electrons.